The van der Waals surface area contributed by atoms with E-state index in [1.807, 2.05) is 0 Å². The fourth-order valence-electron chi connectivity index (χ4n) is 1.19. The van der Waals surface area contributed by atoms with Crippen molar-refractivity contribution in [1.29, 1.82) is 0 Å². The molecule has 0 amide bonds. The maximum atomic E-state index is 11.2. The number of aliphatic hydroxyl groups is 1. The van der Waals surface area contributed by atoms with Crippen LogP contribution in [0.4, 0.5) is 0 Å². The average molecular weight is 262 g/mol. The molecule has 96 valence electrons. The van der Waals surface area contributed by atoms with Gasteiger partial charge in [-0.05, 0) is 19.1 Å². The lowest BCUT2D eigenvalue weighted by molar-refractivity contribution is 0.0555. The SMILES string of the molecule is COC(=O)c1ccc(C(O)C(C)S(C)(=O)=O)o1. The summed E-state index contributed by atoms with van der Waals surface area (Å²) >= 11 is 0. The third-order valence-electron chi connectivity index (χ3n) is 2.42. The molecule has 0 saturated carbocycles. The summed E-state index contributed by atoms with van der Waals surface area (Å²) in [6, 6.07) is 2.66. The topological polar surface area (TPSA) is 93.8 Å². The number of sulfone groups is 1. The van der Waals surface area contributed by atoms with E-state index in [0.717, 1.165) is 6.26 Å². The third-order valence-corrected chi connectivity index (χ3v) is 4.03. The molecule has 1 heterocycles. The maximum absolute atomic E-state index is 11.2. The van der Waals surface area contributed by atoms with Gasteiger partial charge in [0.25, 0.3) is 0 Å². The van der Waals surface area contributed by atoms with Crippen molar-refractivity contribution in [2.45, 2.75) is 18.3 Å². The number of carbonyl (C=O) groups excluding carboxylic acids is 1. The molecule has 2 atom stereocenters. The van der Waals surface area contributed by atoms with Crippen LogP contribution in [0.25, 0.3) is 0 Å². The number of carbonyl (C=O) groups is 1. The number of rotatable bonds is 4. The van der Waals surface area contributed by atoms with Crippen LogP contribution in [0.5, 0.6) is 0 Å². The van der Waals surface area contributed by atoms with Crippen molar-refractivity contribution in [2.75, 3.05) is 13.4 Å². The minimum absolute atomic E-state index is 0.0170. The molecule has 0 bridgehead atoms. The highest BCUT2D eigenvalue weighted by atomic mass is 32.2. The monoisotopic (exact) mass is 262 g/mol. The lowest BCUT2D eigenvalue weighted by atomic mass is 10.2. The van der Waals surface area contributed by atoms with Gasteiger partial charge in [-0.3, -0.25) is 0 Å². The molecule has 0 radical (unpaired) electrons. The van der Waals surface area contributed by atoms with Crippen LogP contribution in [0.15, 0.2) is 16.5 Å². The third kappa shape index (κ3) is 3.07. The number of furan rings is 1. The Bertz CT molecular complexity index is 501. The van der Waals surface area contributed by atoms with Crippen molar-refractivity contribution < 1.29 is 27.5 Å². The second-order valence-corrected chi connectivity index (χ2v) is 6.08. The molecule has 0 fully saturated rings. The predicted molar refractivity (Wildman–Crippen MR) is 59.3 cm³/mol. The molecule has 1 aromatic rings. The van der Waals surface area contributed by atoms with E-state index in [0.29, 0.717) is 0 Å². The summed E-state index contributed by atoms with van der Waals surface area (Å²) in [5, 5.41) is 8.75. The molecule has 1 N–H and O–H groups in total. The average Bonchev–Trinajstić information content (AvgIpc) is 2.73. The number of aliphatic hydroxyl groups excluding tert-OH is 1. The first-order chi connectivity index (χ1) is 7.77. The second kappa shape index (κ2) is 4.89. The Morgan fingerprint density at radius 3 is 2.53 bits per heavy atom. The van der Waals surface area contributed by atoms with Gasteiger partial charge in [0, 0.05) is 6.26 Å². The Labute approximate surface area is 99.1 Å². The maximum Gasteiger partial charge on any atom is 0.373 e. The van der Waals surface area contributed by atoms with Crippen molar-refractivity contribution in [2.24, 2.45) is 0 Å². The van der Waals surface area contributed by atoms with Gasteiger partial charge < -0.3 is 14.3 Å². The molecule has 0 aliphatic rings. The van der Waals surface area contributed by atoms with E-state index in [9.17, 15) is 18.3 Å². The standard InChI is InChI=1S/C10H14O6S/c1-6(17(3,13)14)9(11)7-4-5-8(16-7)10(12)15-2/h4-6,9,11H,1-3H3. The zero-order valence-electron chi connectivity index (χ0n) is 9.71. The van der Waals surface area contributed by atoms with Gasteiger partial charge in [-0.2, -0.15) is 0 Å². The number of methoxy groups -OCH3 is 1. The Kier molecular flexibility index (Phi) is 3.94. The summed E-state index contributed by atoms with van der Waals surface area (Å²) in [6.07, 6.45) is -0.297. The summed E-state index contributed by atoms with van der Waals surface area (Å²) in [5.74, 6) is -0.749. The highest BCUT2D eigenvalue weighted by Gasteiger charge is 2.28. The van der Waals surface area contributed by atoms with Crippen molar-refractivity contribution in [3.8, 4) is 0 Å². The van der Waals surface area contributed by atoms with E-state index in [4.69, 9.17) is 4.42 Å². The summed E-state index contributed by atoms with van der Waals surface area (Å²) in [6.45, 7) is 1.36. The molecule has 17 heavy (non-hydrogen) atoms. The molecule has 1 aromatic heterocycles. The lowest BCUT2D eigenvalue weighted by Crippen LogP contribution is -2.23. The molecule has 0 aliphatic carbocycles. The summed E-state index contributed by atoms with van der Waals surface area (Å²) in [5.41, 5.74) is 0. The molecular weight excluding hydrogens is 248 g/mol. The number of hydrogen-bond donors (Lipinski definition) is 1. The van der Waals surface area contributed by atoms with Crippen LogP contribution in [-0.4, -0.2) is 38.1 Å². The van der Waals surface area contributed by atoms with Crippen LogP contribution in [0.3, 0.4) is 0 Å². The zero-order valence-corrected chi connectivity index (χ0v) is 10.5. The molecule has 0 aliphatic heterocycles. The molecule has 2 unspecified atom stereocenters. The number of esters is 1. The molecule has 6 nitrogen and oxygen atoms in total. The summed E-state index contributed by atoms with van der Waals surface area (Å²) in [7, 11) is -2.20. The highest BCUT2D eigenvalue weighted by Crippen LogP contribution is 2.23. The first kappa shape index (κ1) is 13.7. The van der Waals surface area contributed by atoms with Crippen molar-refractivity contribution in [3.05, 3.63) is 23.7 Å². The van der Waals surface area contributed by atoms with E-state index in [1.165, 1.54) is 26.2 Å². The van der Waals surface area contributed by atoms with Crippen LogP contribution in [0.2, 0.25) is 0 Å². The van der Waals surface area contributed by atoms with Gasteiger partial charge in [0.2, 0.25) is 5.76 Å². The van der Waals surface area contributed by atoms with Crippen LogP contribution >= 0.6 is 0 Å². The van der Waals surface area contributed by atoms with Gasteiger partial charge in [-0.25, -0.2) is 13.2 Å². The van der Waals surface area contributed by atoms with Gasteiger partial charge in [-0.15, -0.1) is 0 Å². The van der Waals surface area contributed by atoms with E-state index >= 15 is 0 Å². The molecule has 1 rings (SSSR count). The smallest absolute Gasteiger partial charge is 0.373 e. The largest absolute Gasteiger partial charge is 0.463 e. The Balaban J connectivity index is 2.95. The highest BCUT2D eigenvalue weighted by molar-refractivity contribution is 7.91. The summed E-state index contributed by atoms with van der Waals surface area (Å²) < 4.78 is 31.9. The molecule has 0 spiro atoms. The van der Waals surface area contributed by atoms with Gasteiger partial charge in [0.15, 0.2) is 9.84 Å². The number of ether oxygens (including phenoxy) is 1. The Morgan fingerprint density at radius 1 is 1.47 bits per heavy atom. The zero-order chi connectivity index (χ0) is 13.2. The van der Waals surface area contributed by atoms with Gasteiger partial charge in [0.1, 0.15) is 11.9 Å². The minimum atomic E-state index is -3.39. The first-order valence-corrected chi connectivity index (χ1v) is 6.77. The fourth-order valence-corrected chi connectivity index (χ4v) is 1.79. The normalized spacial score (nSPS) is 15.3. The van der Waals surface area contributed by atoms with Crippen molar-refractivity contribution in [3.63, 3.8) is 0 Å². The second-order valence-electron chi connectivity index (χ2n) is 3.67. The summed E-state index contributed by atoms with van der Waals surface area (Å²) in [4.78, 5) is 11.1. The van der Waals surface area contributed by atoms with Crippen LogP contribution < -0.4 is 0 Å². The Hall–Kier alpha value is -1.34. The molecular formula is C10H14O6S. The van der Waals surface area contributed by atoms with Crippen LogP contribution in [-0.2, 0) is 14.6 Å². The molecule has 0 aromatic carbocycles. The van der Waals surface area contributed by atoms with Gasteiger partial charge in [0.05, 0.1) is 12.4 Å². The minimum Gasteiger partial charge on any atom is -0.463 e. The van der Waals surface area contributed by atoms with E-state index in [1.54, 1.807) is 0 Å². The van der Waals surface area contributed by atoms with Gasteiger partial charge in [-0.1, -0.05) is 0 Å². The number of hydrogen-bond acceptors (Lipinski definition) is 6. The fraction of sp³-hybridized carbons (Fsp3) is 0.500. The first-order valence-electron chi connectivity index (χ1n) is 4.82. The van der Waals surface area contributed by atoms with E-state index < -0.39 is 27.2 Å². The van der Waals surface area contributed by atoms with E-state index in [2.05, 4.69) is 4.74 Å². The van der Waals surface area contributed by atoms with E-state index in [-0.39, 0.29) is 11.5 Å². The Morgan fingerprint density at radius 2 is 2.06 bits per heavy atom. The van der Waals surface area contributed by atoms with Crippen molar-refractivity contribution in [1.82, 2.24) is 0 Å². The van der Waals surface area contributed by atoms with Crippen LogP contribution in [0.1, 0.15) is 29.3 Å². The van der Waals surface area contributed by atoms with Crippen LogP contribution in [0, 0.1) is 0 Å². The lowest BCUT2D eigenvalue weighted by Gasteiger charge is -2.14. The molecule has 0 saturated heterocycles. The molecule has 7 heteroatoms. The van der Waals surface area contributed by atoms with Crippen molar-refractivity contribution >= 4 is 15.8 Å². The van der Waals surface area contributed by atoms with Gasteiger partial charge >= 0.3 is 5.97 Å². The quantitative estimate of drug-likeness (QED) is 0.795. The predicted octanol–water partition coefficient (Wildman–Crippen LogP) is 0.533.